The third-order valence-corrected chi connectivity index (χ3v) is 4.36. The van der Waals surface area contributed by atoms with Gasteiger partial charge in [-0.05, 0) is 43.6 Å². The van der Waals surface area contributed by atoms with Gasteiger partial charge >= 0.3 is 0 Å². The Bertz CT molecular complexity index is 504. The highest BCUT2D eigenvalue weighted by Gasteiger charge is 2.30. The Balaban J connectivity index is 1.79. The van der Waals surface area contributed by atoms with Gasteiger partial charge in [-0.2, -0.15) is 0 Å². The highest BCUT2D eigenvalue weighted by Crippen LogP contribution is 2.35. The maximum atomic E-state index is 11.3. The lowest BCUT2D eigenvalue weighted by molar-refractivity contribution is -0.119. The van der Waals surface area contributed by atoms with Crippen LogP contribution in [-0.2, 0) is 4.79 Å². The maximum Gasteiger partial charge on any atom is 0.240 e. The standard InChI is InChI=1S/C15H22N4O/c1-18-10-11(9-16)7-14(18)12-3-2-4-13(8-12)19-6-5-15(20)17-19/h2-4,8,11,14H,5-7,9-10,16H2,1H3,(H,17,20). The minimum Gasteiger partial charge on any atom is -0.330 e. The predicted molar refractivity (Wildman–Crippen MR) is 79.1 cm³/mol. The molecule has 0 bridgehead atoms. The summed E-state index contributed by atoms with van der Waals surface area (Å²) in [6, 6.07) is 8.90. The fourth-order valence-corrected chi connectivity index (χ4v) is 3.24. The third-order valence-electron chi connectivity index (χ3n) is 4.36. The van der Waals surface area contributed by atoms with E-state index in [4.69, 9.17) is 5.73 Å². The molecule has 20 heavy (non-hydrogen) atoms. The van der Waals surface area contributed by atoms with Gasteiger partial charge in [0.1, 0.15) is 0 Å². The Morgan fingerprint density at radius 3 is 2.95 bits per heavy atom. The number of benzene rings is 1. The first-order valence-corrected chi connectivity index (χ1v) is 7.24. The minimum atomic E-state index is 0.0941. The summed E-state index contributed by atoms with van der Waals surface area (Å²) >= 11 is 0. The molecule has 2 atom stereocenters. The number of nitrogens with two attached hydrogens (primary N) is 1. The van der Waals surface area contributed by atoms with Crippen LogP contribution < -0.4 is 16.2 Å². The smallest absolute Gasteiger partial charge is 0.240 e. The van der Waals surface area contributed by atoms with Crippen molar-refractivity contribution in [2.45, 2.75) is 18.9 Å². The van der Waals surface area contributed by atoms with Crippen LogP contribution in [0.1, 0.15) is 24.4 Å². The maximum absolute atomic E-state index is 11.3. The summed E-state index contributed by atoms with van der Waals surface area (Å²) in [5.41, 5.74) is 11.1. The number of carbonyl (C=O) groups is 1. The number of nitrogens with one attached hydrogen (secondary N) is 1. The number of hydrogen-bond acceptors (Lipinski definition) is 4. The van der Waals surface area contributed by atoms with Crippen molar-refractivity contribution in [2.75, 3.05) is 31.7 Å². The zero-order chi connectivity index (χ0) is 14.1. The van der Waals surface area contributed by atoms with Gasteiger partial charge in [-0.25, -0.2) is 0 Å². The van der Waals surface area contributed by atoms with Crippen molar-refractivity contribution < 1.29 is 4.79 Å². The molecule has 3 rings (SSSR count). The first-order valence-electron chi connectivity index (χ1n) is 7.24. The fraction of sp³-hybridized carbons (Fsp3) is 0.533. The molecule has 0 aliphatic carbocycles. The van der Waals surface area contributed by atoms with E-state index < -0.39 is 0 Å². The topological polar surface area (TPSA) is 61.6 Å². The summed E-state index contributed by atoms with van der Waals surface area (Å²) in [5.74, 6) is 0.678. The van der Waals surface area contributed by atoms with E-state index in [2.05, 4.69) is 35.6 Å². The molecule has 1 aromatic carbocycles. The summed E-state index contributed by atoms with van der Waals surface area (Å²) in [5, 5.41) is 1.93. The number of likely N-dealkylation sites (tertiary alicyclic amines) is 1. The molecule has 2 fully saturated rings. The highest BCUT2D eigenvalue weighted by atomic mass is 16.2. The number of hydrogen-bond donors (Lipinski definition) is 2. The van der Waals surface area contributed by atoms with Gasteiger partial charge in [0.2, 0.25) is 5.91 Å². The summed E-state index contributed by atoms with van der Waals surface area (Å²) in [7, 11) is 2.16. The lowest BCUT2D eigenvalue weighted by atomic mass is 9.99. The second kappa shape index (κ2) is 5.42. The van der Waals surface area contributed by atoms with E-state index in [0.717, 1.165) is 31.7 Å². The van der Waals surface area contributed by atoms with Crippen LogP contribution in [0.25, 0.3) is 0 Å². The van der Waals surface area contributed by atoms with Gasteiger partial charge < -0.3 is 5.73 Å². The van der Waals surface area contributed by atoms with Crippen LogP contribution in [0.15, 0.2) is 24.3 Å². The summed E-state index contributed by atoms with van der Waals surface area (Å²) in [6.45, 7) is 2.56. The van der Waals surface area contributed by atoms with Gasteiger partial charge in [-0.3, -0.25) is 20.1 Å². The van der Waals surface area contributed by atoms with E-state index in [1.54, 1.807) is 0 Å². The van der Waals surface area contributed by atoms with Crippen molar-refractivity contribution in [2.24, 2.45) is 11.7 Å². The number of amides is 1. The van der Waals surface area contributed by atoms with Gasteiger partial charge in [-0.15, -0.1) is 0 Å². The molecule has 1 aromatic rings. The molecule has 0 saturated carbocycles. The summed E-state index contributed by atoms with van der Waals surface area (Å²) in [4.78, 5) is 13.7. The van der Waals surface area contributed by atoms with Crippen LogP contribution in [0.5, 0.6) is 0 Å². The zero-order valence-electron chi connectivity index (χ0n) is 11.9. The number of rotatable bonds is 3. The molecule has 2 unspecified atom stereocenters. The molecule has 2 aliphatic heterocycles. The number of hydrazine groups is 1. The van der Waals surface area contributed by atoms with Crippen molar-refractivity contribution >= 4 is 11.6 Å². The van der Waals surface area contributed by atoms with Crippen LogP contribution in [0.2, 0.25) is 0 Å². The van der Waals surface area contributed by atoms with Crippen LogP contribution in [0.4, 0.5) is 5.69 Å². The van der Waals surface area contributed by atoms with Crippen LogP contribution in [0.3, 0.4) is 0 Å². The summed E-state index contributed by atoms with van der Waals surface area (Å²) in [6.07, 6.45) is 1.69. The Morgan fingerprint density at radius 1 is 1.45 bits per heavy atom. The average molecular weight is 274 g/mol. The first kappa shape index (κ1) is 13.4. The van der Waals surface area contributed by atoms with E-state index in [1.807, 2.05) is 11.1 Å². The molecule has 2 heterocycles. The monoisotopic (exact) mass is 274 g/mol. The molecule has 3 N–H and O–H groups in total. The van der Waals surface area contributed by atoms with Crippen molar-refractivity contribution in [3.8, 4) is 0 Å². The molecule has 5 heteroatoms. The molecule has 2 aliphatic rings. The third kappa shape index (κ3) is 2.51. The molecular formula is C15H22N4O. The molecule has 2 saturated heterocycles. The van der Waals surface area contributed by atoms with Crippen LogP contribution >= 0.6 is 0 Å². The Labute approximate surface area is 119 Å². The minimum absolute atomic E-state index is 0.0941. The lowest BCUT2D eigenvalue weighted by Crippen LogP contribution is -2.33. The van der Waals surface area contributed by atoms with Gasteiger partial charge in [0, 0.05) is 25.6 Å². The number of nitrogens with zero attached hydrogens (tertiary/aromatic N) is 2. The van der Waals surface area contributed by atoms with E-state index in [9.17, 15) is 4.79 Å². The Kier molecular flexibility index (Phi) is 3.63. The van der Waals surface area contributed by atoms with Crippen LogP contribution in [0, 0.1) is 5.92 Å². The second-order valence-corrected chi connectivity index (χ2v) is 5.82. The predicted octanol–water partition coefficient (Wildman–Crippen LogP) is 0.879. The molecule has 108 valence electrons. The normalized spacial score (nSPS) is 27.1. The largest absolute Gasteiger partial charge is 0.330 e. The molecule has 5 nitrogen and oxygen atoms in total. The second-order valence-electron chi connectivity index (χ2n) is 5.82. The van der Waals surface area contributed by atoms with Crippen molar-refractivity contribution in [3.63, 3.8) is 0 Å². The van der Waals surface area contributed by atoms with Crippen molar-refractivity contribution in [1.29, 1.82) is 0 Å². The Morgan fingerprint density at radius 2 is 2.30 bits per heavy atom. The molecule has 1 amide bonds. The highest BCUT2D eigenvalue weighted by molar-refractivity contribution is 5.81. The number of anilines is 1. The number of carbonyl (C=O) groups excluding carboxylic acids is 1. The van der Waals surface area contributed by atoms with Gasteiger partial charge in [0.15, 0.2) is 0 Å². The first-order chi connectivity index (χ1) is 9.67. The van der Waals surface area contributed by atoms with Gasteiger partial charge in [0.05, 0.1) is 5.69 Å². The van der Waals surface area contributed by atoms with E-state index in [1.165, 1.54) is 5.56 Å². The molecule has 0 radical (unpaired) electrons. The zero-order valence-corrected chi connectivity index (χ0v) is 11.9. The molecule has 0 aromatic heterocycles. The Hall–Kier alpha value is -1.59. The fourth-order valence-electron chi connectivity index (χ4n) is 3.24. The lowest BCUT2D eigenvalue weighted by Gasteiger charge is -2.23. The quantitative estimate of drug-likeness (QED) is 0.859. The van der Waals surface area contributed by atoms with Gasteiger partial charge in [-0.1, -0.05) is 12.1 Å². The SMILES string of the molecule is CN1CC(CN)CC1c1cccc(N2CCC(=O)N2)c1. The summed E-state index contributed by atoms with van der Waals surface area (Å²) < 4.78 is 0. The van der Waals surface area contributed by atoms with Gasteiger partial charge in [0.25, 0.3) is 0 Å². The molecule has 0 spiro atoms. The molecular weight excluding hydrogens is 252 g/mol. The van der Waals surface area contributed by atoms with E-state index in [-0.39, 0.29) is 5.91 Å². The van der Waals surface area contributed by atoms with E-state index >= 15 is 0 Å². The van der Waals surface area contributed by atoms with Crippen LogP contribution in [-0.4, -0.2) is 37.5 Å². The van der Waals surface area contributed by atoms with Crippen molar-refractivity contribution in [3.05, 3.63) is 29.8 Å². The average Bonchev–Trinajstić information content (AvgIpc) is 3.05. The van der Waals surface area contributed by atoms with E-state index in [0.29, 0.717) is 18.4 Å². The van der Waals surface area contributed by atoms with Crippen molar-refractivity contribution in [1.82, 2.24) is 10.3 Å².